The molecule has 16 heavy (non-hydrogen) atoms. The molecule has 0 saturated heterocycles. The Labute approximate surface area is 93.2 Å². The van der Waals surface area contributed by atoms with Gasteiger partial charge >= 0.3 is 6.08 Å². The zero-order chi connectivity index (χ0) is 11.5. The number of aryl methyl sites for hydroxylation is 2. The minimum atomic E-state index is 0.230. The maximum atomic E-state index is 5.45. The summed E-state index contributed by atoms with van der Waals surface area (Å²) in [5.74, 6) is 0.607. The van der Waals surface area contributed by atoms with E-state index in [2.05, 4.69) is 15.4 Å². The second-order valence-corrected chi connectivity index (χ2v) is 3.48. The van der Waals surface area contributed by atoms with Crippen LogP contribution in [-0.2, 0) is 13.6 Å². The molecule has 0 amide bonds. The summed E-state index contributed by atoms with van der Waals surface area (Å²) in [6, 6.07) is 1.82. The molecule has 0 unspecified atom stereocenters. The lowest BCUT2D eigenvalue weighted by molar-refractivity contribution is 0.309. The lowest BCUT2D eigenvalue weighted by atomic mass is 10.5. The van der Waals surface area contributed by atoms with E-state index in [1.54, 1.807) is 18.0 Å². The fourth-order valence-electron chi connectivity index (χ4n) is 1.37. The topological polar surface area (TPSA) is 65.1 Å². The fourth-order valence-corrected chi connectivity index (χ4v) is 1.37. The average Bonchev–Trinajstić information content (AvgIpc) is 2.76. The zero-order valence-electron chi connectivity index (χ0n) is 9.52. The average molecular weight is 222 g/mol. The van der Waals surface area contributed by atoms with Crippen LogP contribution in [0.25, 0.3) is 0 Å². The summed E-state index contributed by atoms with van der Waals surface area (Å²) in [6.45, 7) is 2.55. The molecule has 0 saturated carbocycles. The van der Waals surface area contributed by atoms with Crippen LogP contribution in [0.2, 0.25) is 0 Å². The molecule has 6 nitrogen and oxygen atoms in total. The second kappa shape index (κ2) is 4.36. The Kier molecular flexibility index (Phi) is 2.91. The molecule has 0 atom stereocenters. The van der Waals surface area contributed by atoms with E-state index < -0.39 is 0 Å². The smallest absolute Gasteiger partial charge is 0.400 e. The van der Waals surface area contributed by atoms with Crippen molar-refractivity contribution >= 4 is 0 Å². The number of hydrogen-bond acceptors (Lipinski definition) is 5. The summed E-state index contributed by atoms with van der Waals surface area (Å²) in [5, 5.41) is 7.14. The first-order chi connectivity index (χ1) is 7.69. The van der Waals surface area contributed by atoms with Crippen LogP contribution < -0.4 is 10.1 Å². The van der Waals surface area contributed by atoms with Gasteiger partial charge in [0.2, 0.25) is 5.88 Å². The minimum absolute atomic E-state index is 0.230. The van der Waals surface area contributed by atoms with Crippen molar-refractivity contribution in [3.05, 3.63) is 23.7 Å². The predicted molar refractivity (Wildman–Crippen MR) is 57.3 cm³/mol. The molecule has 1 N–H and O–H groups in total. The molecule has 0 aliphatic heterocycles. The van der Waals surface area contributed by atoms with E-state index in [4.69, 9.17) is 9.15 Å². The highest BCUT2D eigenvalue weighted by Crippen LogP contribution is 2.20. The monoisotopic (exact) mass is 222 g/mol. The summed E-state index contributed by atoms with van der Waals surface area (Å²) in [7, 11) is 3.65. The Morgan fingerprint density at radius 3 is 3.00 bits per heavy atom. The molecule has 2 aromatic rings. The van der Waals surface area contributed by atoms with Crippen LogP contribution in [0.5, 0.6) is 12.0 Å². The number of nitrogens with one attached hydrogen (secondary N) is 1. The standard InChI is InChI=1S/C10H14N4O2/c1-7-4-9(14(3)13-7)16-10-12-8(5-11-2)6-15-10/h4,6,11H,5H2,1-3H3. The molecule has 0 spiro atoms. The van der Waals surface area contributed by atoms with Gasteiger partial charge in [-0.2, -0.15) is 10.1 Å². The molecule has 6 heteroatoms. The van der Waals surface area contributed by atoms with Crippen LogP contribution in [0, 0.1) is 6.92 Å². The van der Waals surface area contributed by atoms with Gasteiger partial charge in [-0.1, -0.05) is 0 Å². The lowest BCUT2D eigenvalue weighted by Gasteiger charge is -1.98. The molecule has 0 radical (unpaired) electrons. The van der Waals surface area contributed by atoms with E-state index in [0.29, 0.717) is 12.4 Å². The number of ether oxygens (including phenoxy) is 1. The van der Waals surface area contributed by atoms with Gasteiger partial charge in [0, 0.05) is 19.7 Å². The van der Waals surface area contributed by atoms with E-state index >= 15 is 0 Å². The molecule has 2 aromatic heterocycles. The van der Waals surface area contributed by atoms with Crippen LogP contribution >= 0.6 is 0 Å². The Hall–Kier alpha value is -1.82. The highest BCUT2D eigenvalue weighted by molar-refractivity contribution is 5.17. The van der Waals surface area contributed by atoms with E-state index in [-0.39, 0.29) is 6.08 Å². The molecule has 0 aliphatic carbocycles. The normalized spacial score (nSPS) is 10.7. The third-order valence-corrected chi connectivity index (χ3v) is 2.04. The first-order valence-corrected chi connectivity index (χ1v) is 4.96. The van der Waals surface area contributed by atoms with Crippen molar-refractivity contribution in [2.75, 3.05) is 7.05 Å². The van der Waals surface area contributed by atoms with Crippen LogP contribution in [-0.4, -0.2) is 21.8 Å². The Morgan fingerprint density at radius 2 is 2.38 bits per heavy atom. The number of rotatable bonds is 4. The van der Waals surface area contributed by atoms with Crippen LogP contribution in [0.3, 0.4) is 0 Å². The van der Waals surface area contributed by atoms with Gasteiger partial charge in [-0.15, -0.1) is 0 Å². The lowest BCUT2D eigenvalue weighted by Crippen LogP contribution is -2.05. The Morgan fingerprint density at radius 1 is 1.56 bits per heavy atom. The van der Waals surface area contributed by atoms with Crippen molar-refractivity contribution < 1.29 is 9.15 Å². The van der Waals surface area contributed by atoms with Gasteiger partial charge in [-0.25, -0.2) is 4.68 Å². The van der Waals surface area contributed by atoms with Gasteiger partial charge in [0.25, 0.3) is 0 Å². The Bertz CT molecular complexity index is 475. The van der Waals surface area contributed by atoms with Gasteiger partial charge in [-0.3, -0.25) is 0 Å². The van der Waals surface area contributed by atoms with Crippen molar-refractivity contribution in [3.8, 4) is 12.0 Å². The van der Waals surface area contributed by atoms with Gasteiger partial charge in [0.1, 0.15) is 6.26 Å². The molecule has 0 fully saturated rings. The molecule has 0 aliphatic rings. The third kappa shape index (κ3) is 2.22. The summed E-state index contributed by atoms with van der Waals surface area (Å²) >= 11 is 0. The van der Waals surface area contributed by atoms with Crippen LogP contribution in [0.15, 0.2) is 16.7 Å². The van der Waals surface area contributed by atoms with Gasteiger partial charge in [-0.05, 0) is 14.0 Å². The quantitative estimate of drug-likeness (QED) is 0.842. The number of oxazole rings is 1. The van der Waals surface area contributed by atoms with Crippen molar-refractivity contribution in [2.24, 2.45) is 7.05 Å². The van der Waals surface area contributed by atoms with E-state index in [1.807, 2.05) is 20.0 Å². The molecule has 0 aromatic carbocycles. The van der Waals surface area contributed by atoms with E-state index in [9.17, 15) is 0 Å². The van der Waals surface area contributed by atoms with Crippen molar-refractivity contribution in [1.29, 1.82) is 0 Å². The molecule has 0 bridgehead atoms. The molecular weight excluding hydrogens is 208 g/mol. The molecule has 2 rings (SSSR count). The highest BCUT2D eigenvalue weighted by Gasteiger charge is 2.09. The SMILES string of the molecule is CNCc1coc(Oc2cc(C)nn2C)n1. The zero-order valence-corrected chi connectivity index (χ0v) is 9.52. The maximum absolute atomic E-state index is 5.45. The second-order valence-electron chi connectivity index (χ2n) is 3.48. The van der Waals surface area contributed by atoms with Crippen molar-refractivity contribution in [2.45, 2.75) is 13.5 Å². The van der Waals surface area contributed by atoms with Gasteiger partial charge in [0.05, 0.1) is 11.4 Å². The minimum Gasteiger partial charge on any atom is -0.417 e. The first-order valence-electron chi connectivity index (χ1n) is 4.96. The summed E-state index contributed by atoms with van der Waals surface area (Å²) < 4.78 is 12.3. The summed E-state index contributed by atoms with van der Waals surface area (Å²) in [5.41, 5.74) is 1.69. The van der Waals surface area contributed by atoms with Crippen LogP contribution in [0.1, 0.15) is 11.4 Å². The van der Waals surface area contributed by atoms with Gasteiger partial charge < -0.3 is 14.5 Å². The van der Waals surface area contributed by atoms with Gasteiger partial charge in [0.15, 0.2) is 0 Å². The highest BCUT2D eigenvalue weighted by atomic mass is 16.6. The third-order valence-electron chi connectivity index (χ3n) is 2.04. The fraction of sp³-hybridized carbons (Fsp3) is 0.400. The van der Waals surface area contributed by atoms with Crippen molar-refractivity contribution in [1.82, 2.24) is 20.1 Å². The van der Waals surface area contributed by atoms with Crippen molar-refractivity contribution in [3.63, 3.8) is 0 Å². The number of nitrogens with zero attached hydrogens (tertiary/aromatic N) is 3. The molecular formula is C10H14N4O2. The molecule has 2 heterocycles. The largest absolute Gasteiger partial charge is 0.417 e. The van der Waals surface area contributed by atoms with E-state index in [1.165, 1.54) is 0 Å². The van der Waals surface area contributed by atoms with Crippen LogP contribution in [0.4, 0.5) is 0 Å². The maximum Gasteiger partial charge on any atom is 0.400 e. The van der Waals surface area contributed by atoms with E-state index in [0.717, 1.165) is 11.4 Å². The summed E-state index contributed by atoms with van der Waals surface area (Å²) in [4.78, 5) is 4.15. The Balaban J connectivity index is 2.11. The number of aromatic nitrogens is 3. The summed E-state index contributed by atoms with van der Waals surface area (Å²) in [6.07, 6.45) is 1.79. The number of hydrogen-bond donors (Lipinski definition) is 1. The first kappa shape index (κ1) is 10.7. The predicted octanol–water partition coefficient (Wildman–Crippen LogP) is 1.23. The molecule has 86 valence electrons.